The minimum atomic E-state index is -1.19. The van der Waals surface area contributed by atoms with Crippen LogP contribution >= 0.6 is 11.3 Å². The standard InChI is InChI=1S/C27H38N4O4SSi/c1-18(29-27(33)34)19-5-7-20(8-6-19)26(32)30-23-9-11-28-25-22(23)15-24(21-10-13-36-16-21)31(25)17-35-12-14-37(2,3)4/h9-11,13,15-16,18-20,29H,5-8,12,14,17H2,1-4H3,(H,33,34)(H,28,30,32)/t18?,19-,20-. The summed E-state index contributed by atoms with van der Waals surface area (Å²) in [5.41, 5.74) is 3.69. The van der Waals surface area contributed by atoms with Gasteiger partial charge in [0, 0.05) is 49.2 Å². The number of thiophene rings is 1. The van der Waals surface area contributed by atoms with Crippen molar-refractivity contribution in [2.75, 3.05) is 11.9 Å². The summed E-state index contributed by atoms with van der Waals surface area (Å²) in [5.74, 6) is 0.191. The van der Waals surface area contributed by atoms with E-state index in [4.69, 9.17) is 9.84 Å². The fourth-order valence-corrected chi connectivity index (χ4v) is 6.41. The molecule has 0 aromatic carbocycles. The van der Waals surface area contributed by atoms with Crippen molar-refractivity contribution in [3.8, 4) is 11.3 Å². The lowest BCUT2D eigenvalue weighted by atomic mass is 9.78. The molecule has 37 heavy (non-hydrogen) atoms. The predicted octanol–water partition coefficient (Wildman–Crippen LogP) is 6.48. The summed E-state index contributed by atoms with van der Waals surface area (Å²) in [6.07, 6.45) is 3.91. The van der Waals surface area contributed by atoms with Gasteiger partial charge in [-0.25, -0.2) is 9.78 Å². The van der Waals surface area contributed by atoms with Crippen molar-refractivity contribution in [3.63, 3.8) is 0 Å². The summed E-state index contributed by atoms with van der Waals surface area (Å²) >= 11 is 1.65. The highest BCUT2D eigenvalue weighted by atomic mass is 32.1. The quantitative estimate of drug-likeness (QED) is 0.201. The van der Waals surface area contributed by atoms with E-state index in [9.17, 15) is 9.59 Å². The van der Waals surface area contributed by atoms with E-state index < -0.39 is 14.2 Å². The van der Waals surface area contributed by atoms with Gasteiger partial charge in [-0.3, -0.25) is 4.79 Å². The molecule has 3 N–H and O–H groups in total. The van der Waals surface area contributed by atoms with Gasteiger partial charge in [0.15, 0.2) is 0 Å². The van der Waals surface area contributed by atoms with Gasteiger partial charge in [-0.05, 0) is 68.1 Å². The van der Waals surface area contributed by atoms with Crippen molar-refractivity contribution < 1.29 is 19.4 Å². The number of pyridine rings is 1. The Labute approximate surface area is 223 Å². The molecule has 0 bridgehead atoms. The number of fused-ring (bicyclic) bond motifs is 1. The second-order valence-corrected chi connectivity index (χ2v) is 17.7. The molecule has 3 aromatic rings. The maximum Gasteiger partial charge on any atom is 0.404 e. The topological polar surface area (TPSA) is 105 Å². The van der Waals surface area contributed by atoms with Gasteiger partial charge in [0.05, 0.1) is 11.4 Å². The summed E-state index contributed by atoms with van der Waals surface area (Å²) in [7, 11) is -1.19. The van der Waals surface area contributed by atoms with E-state index in [1.165, 1.54) is 0 Å². The monoisotopic (exact) mass is 542 g/mol. The van der Waals surface area contributed by atoms with E-state index >= 15 is 0 Å². The average molecular weight is 543 g/mol. The van der Waals surface area contributed by atoms with Crippen LogP contribution in [0.15, 0.2) is 35.2 Å². The van der Waals surface area contributed by atoms with Gasteiger partial charge in [0.1, 0.15) is 12.4 Å². The summed E-state index contributed by atoms with van der Waals surface area (Å²) < 4.78 is 8.20. The fraction of sp³-hybridized carbons (Fsp3) is 0.519. The molecule has 0 spiro atoms. The average Bonchev–Trinajstić information content (AvgIpc) is 3.49. The van der Waals surface area contributed by atoms with E-state index in [0.29, 0.717) is 6.73 Å². The molecule has 4 rings (SSSR count). The Balaban J connectivity index is 1.49. The van der Waals surface area contributed by atoms with Gasteiger partial charge >= 0.3 is 6.09 Å². The van der Waals surface area contributed by atoms with Crippen LogP contribution in [0, 0.1) is 11.8 Å². The second-order valence-electron chi connectivity index (χ2n) is 11.3. The zero-order chi connectivity index (χ0) is 26.6. The van der Waals surface area contributed by atoms with Gasteiger partial charge < -0.3 is 25.0 Å². The Bertz CT molecular complexity index is 1210. The SMILES string of the molecule is CC(NC(=O)O)[C@H]1CC[C@H](C(=O)Nc2ccnc3c2cc(-c2ccsc2)n3COCC[Si](C)(C)C)CC1. The third-order valence-corrected chi connectivity index (χ3v) is 9.68. The number of rotatable bonds is 10. The molecular formula is C27H38N4O4SSi. The Morgan fingerprint density at radius 3 is 2.65 bits per heavy atom. The van der Waals surface area contributed by atoms with Crippen molar-refractivity contribution in [1.82, 2.24) is 14.9 Å². The van der Waals surface area contributed by atoms with Gasteiger partial charge in [-0.15, -0.1) is 0 Å². The smallest absolute Gasteiger partial charge is 0.404 e. The highest BCUT2D eigenvalue weighted by Gasteiger charge is 2.30. The van der Waals surface area contributed by atoms with Gasteiger partial charge in [-0.1, -0.05) is 19.6 Å². The number of hydrogen-bond acceptors (Lipinski definition) is 5. The van der Waals surface area contributed by atoms with E-state index in [0.717, 1.165) is 66.3 Å². The Hall–Kier alpha value is -2.69. The third kappa shape index (κ3) is 7.00. The number of aromatic nitrogens is 2. The van der Waals surface area contributed by atoms with Gasteiger partial charge in [0.25, 0.3) is 0 Å². The maximum absolute atomic E-state index is 13.2. The first-order valence-electron chi connectivity index (χ1n) is 13.0. The van der Waals surface area contributed by atoms with Crippen LogP contribution in [0.25, 0.3) is 22.3 Å². The molecule has 1 aliphatic carbocycles. The molecule has 0 saturated heterocycles. The molecular weight excluding hydrogens is 504 g/mol. The number of carbonyl (C=O) groups excluding carboxylic acids is 1. The molecule has 1 saturated carbocycles. The number of amides is 2. The number of ether oxygens (including phenoxy) is 1. The minimum absolute atomic E-state index is 0.0148. The number of carboxylic acid groups (broad SMARTS) is 1. The molecule has 8 nitrogen and oxygen atoms in total. The molecule has 1 aliphatic rings. The molecule has 3 heterocycles. The number of nitrogens with one attached hydrogen (secondary N) is 2. The molecule has 0 aliphatic heterocycles. The van der Waals surface area contributed by atoms with Crippen molar-refractivity contribution in [3.05, 3.63) is 35.2 Å². The van der Waals surface area contributed by atoms with Crippen LogP contribution in [0.5, 0.6) is 0 Å². The van der Waals surface area contributed by atoms with Gasteiger partial charge in [0.2, 0.25) is 5.91 Å². The summed E-state index contributed by atoms with van der Waals surface area (Å²) in [6, 6.07) is 7.04. The molecule has 2 amide bonds. The van der Waals surface area contributed by atoms with E-state index in [2.05, 4.69) is 62.7 Å². The first-order chi connectivity index (χ1) is 17.6. The Kier molecular flexibility index (Phi) is 8.71. The number of nitrogens with zero attached hydrogens (tertiary/aromatic N) is 2. The lowest BCUT2D eigenvalue weighted by Gasteiger charge is -2.31. The number of carbonyl (C=O) groups is 2. The van der Waals surface area contributed by atoms with E-state index in [1.54, 1.807) is 17.5 Å². The summed E-state index contributed by atoms with van der Waals surface area (Å²) in [5, 5.41) is 19.8. The molecule has 200 valence electrons. The third-order valence-electron chi connectivity index (χ3n) is 7.29. The molecule has 3 aromatic heterocycles. The minimum Gasteiger partial charge on any atom is -0.465 e. The Morgan fingerprint density at radius 2 is 2.00 bits per heavy atom. The lowest BCUT2D eigenvalue weighted by molar-refractivity contribution is -0.121. The highest BCUT2D eigenvalue weighted by Crippen LogP contribution is 2.35. The van der Waals surface area contributed by atoms with Crippen LogP contribution in [0.4, 0.5) is 10.5 Å². The van der Waals surface area contributed by atoms with Crippen molar-refractivity contribution in [2.24, 2.45) is 11.8 Å². The zero-order valence-electron chi connectivity index (χ0n) is 22.1. The molecule has 0 radical (unpaired) electrons. The van der Waals surface area contributed by atoms with Crippen LogP contribution in [0.1, 0.15) is 32.6 Å². The van der Waals surface area contributed by atoms with Gasteiger partial charge in [-0.2, -0.15) is 11.3 Å². The fourth-order valence-electron chi connectivity index (χ4n) is 5.00. The first kappa shape index (κ1) is 27.3. The van der Waals surface area contributed by atoms with E-state index in [-0.39, 0.29) is 23.8 Å². The van der Waals surface area contributed by atoms with Crippen LogP contribution in [0.3, 0.4) is 0 Å². The molecule has 1 fully saturated rings. The molecule has 10 heteroatoms. The van der Waals surface area contributed by atoms with Crippen molar-refractivity contribution in [2.45, 2.75) is 71.1 Å². The van der Waals surface area contributed by atoms with E-state index in [1.807, 2.05) is 13.0 Å². The van der Waals surface area contributed by atoms with Crippen LogP contribution in [-0.2, 0) is 16.3 Å². The van der Waals surface area contributed by atoms with Crippen molar-refractivity contribution in [1.29, 1.82) is 0 Å². The maximum atomic E-state index is 13.2. The lowest BCUT2D eigenvalue weighted by Crippen LogP contribution is -2.39. The summed E-state index contributed by atoms with van der Waals surface area (Å²) in [4.78, 5) is 28.8. The van der Waals surface area contributed by atoms with Crippen LogP contribution < -0.4 is 10.6 Å². The number of anilines is 1. The largest absolute Gasteiger partial charge is 0.465 e. The number of hydrogen-bond donors (Lipinski definition) is 3. The normalized spacial score (nSPS) is 19.0. The predicted molar refractivity (Wildman–Crippen MR) is 152 cm³/mol. The molecule has 1 atom stereocenters. The van der Waals surface area contributed by atoms with Crippen molar-refractivity contribution >= 4 is 48.1 Å². The Morgan fingerprint density at radius 1 is 1.24 bits per heavy atom. The summed E-state index contributed by atoms with van der Waals surface area (Å²) in [6.45, 7) is 10.1. The van der Waals surface area contributed by atoms with Crippen LogP contribution in [0.2, 0.25) is 25.7 Å². The molecule has 1 unspecified atom stereocenters. The first-order valence-corrected chi connectivity index (χ1v) is 17.7. The zero-order valence-corrected chi connectivity index (χ0v) is 23.9. The highest BCUT2D eigenvalue weighted by molar-refractivity contribution is 7.08. The second kappa shape index (κ2) is 11.8. The van der Waals surface area contributed by atoms with Crippen LogP contribution in [-0.4, -0.2) is 47.4 Å².